The summed E-state index contributed by atoms with van der Waals surface area (Å²) in [7, 11) is 0. The third-order valence-corrected chi connectivity index (χ3v) is 5.64. The van der Waals surface area contributed by atoms with Crippen LogP contribution >= 0.6 is 11.3 Å². The maximum absolute atomic E-state index is 13.6. The van der Waals surface area contributed by atoms with Crippen LogP contribution < -0.4 is 14.8 Å². The van der Waals surface area contributed by atoms with E-state index in [0.717, 1.165) is 15.8 Å². The van der Waals surface area contributed by atoms with Crippen molar-refractivity contribution in [2.75, 3.05) is 18.5 Å². The van der Waals surface area contributed by atoms with E-state index >= 15 is 0 Å². The Balaban J connectivity index is 1.46. The molecule has 0 saturated heterocycles. The summed E-state index contributed by atoms with van der Waals surface area (Å²) in [6.45, 7) is 1.40. The zero-order valence-electron chi connectivity index (χ0n) is 15.4. The zero-order chi connectivity index (χ0) is 19.8. The Morgan fingerprint density at radius 1 is 1.07 bits per heavy atom. The minimum atomic E-state index is -0.293. The first kappa shape index (κ1) is 17.8. The maximum atomic E-state index is 13.6. The van der Waals surface area contributed by atoms with Gasteiger partial charge in [-0.2, -0.15) is 0 Å². The molecule has 1 aliphatic rings. The van der Waals surface area contributed by atoms with E-state index in [1.165, 1.54) is 12.1 Å². The van der Waals surface area contributed by atoms with Crippen LogP contribution in [0.1, 0.15) is 16.1 Å². The first-order valence-electron chi connectivity index (χ1n) is 9.19. The molecule has 7 heteroatoms. The molecule has 2 aromatic carbocycles. The Hall–Kier alpha value is -3.32. The van der Waals surface area contributed by atoms with Crippen molar-refractivity contribution in [3.05, 3.63) is 77.1 Å². The number of carbonyl (C=O) groups excluding carboxylic acids is 1. The Labute approximate surface area is 170 Å². The zero-order valence-corrected chi connectivity index (χ0v) is 16.2. The van der Waals surface area contributed by atoms with E-state index in [-0.39, 0.29) is 11.7 Å². The predicted molar refractivity (Wildman–Crippen MR) is 111 cm³/mol. The second-order valence-corrected chi connectivity index (χ2v) is 7.68. The van der Waals surface area contributed by atoms with Gasteiger partial charge in [-0.05, 0) is 47.3 Å². The second kappa shape index (κ2) is 7.25. The number of ether oxygens (including phenoxy) is 2. The summed E-state index contributed by atoms with van der Waals surface area (Å²) >= 11 is 1.57. The third kappa shape index (κ3) is 3.45. The van der Waals surface area contributed by atoms with Crippen molar-refractivity contribution in [3.8, 4) is 11.5 Å². The molecule has 1 N–H and O–H groups in total. The molecule has 0 bridgehead atoms. The Bertz CT molecular complexity index is 1210. The standard InChI is InChI=1S/C22H17FN2O3S/c23-15-3-1-2-14(10-15)13-25-17-6-9-29-21(17)12-18(25)22(26)24-16-4-5-19-20(11-16)28-8-7-27-19/h1-6,9-12H,7-8,13H2,(H,24,26). The van der Waals surface area contributed by atoms with Gasteiger partial charge in [-0.15, -0.1) is 11.3 Å². The molecule has 5 rings (SSSR count). The molecule has 5 nitrogen and oxygen atoms in total. The first-order valence-corrected chi connectivity index (χ1v) is 10.1. The van der Waals surface area contributed by atoms with Gasteiger partial charge in [0.15, 0.2) is 11.5 Å². The highest BCUT2D eigenvalue weighted by Gasteiger charge is 2.18. The highest BCUT2D eigenvalue weighted by Crippen LogP contribution is 2.33. The van der Waals surface area contributed by atoms with Crippen LogP contribution in [0.15, 0.2) is 60.0 Å². The average molecular weight is 408 g/mol. The third-order valence-electron chi connectivity index (χ3n) is 4.79. The normalized spacial score (nSPS) is 12.9. The number of carbonyl (C=O) groups is 1. The molecule has 0 saturated carbocycles. The van der Waals surface area contributed by atoms with Crippen molar-refractivity contribution in [2.24, 2.45) is 0 Å². The van der Waals surface area contributed by atoms with E-state index in [1.54, 1.807) is 35.6 Å². The smallest absolute Gasteiger partial charge is 0.272 e. The Morgan fingerprint density at radius 2 is 1.93 bits per heavy atom. The summed E-state index contributed by atoms with van der Waals surface area (Å²) in [5, 5.41) is 4.91. The molecule has 0 atom stereocenters. The molecule has 29 heavy (non-hydrogen) atoms. The first-order chi connectivity index (χ1) is 14.2. The van der Waals surface area contributed by atoms with Crippen LogP contribution in [0.2, 0.25) is 0 Å². The lowest BCUT2D eigenvalue weighted by Gasteiger charge is -2.19. The van der Waals surface area contributed by atoms with E-state index in [4.69, 9.17) is 9.47 Å². The van der Waals surface area contributed by atoms with E-state index in [1.807, 2.05) is 28.1 Å². The van der Waals surface area contributed by atoms with Crippen LogP contribution in [0.25, 0.3) is 10.2 Å². The van der Waals surface area contributed by atoms with Crippen molar-refractivity contribution < 1.29 is 18.7 Å². The summed E-state index contributed by atoms with van der Waals surface area (Å²) in [5.41, 5.74) is 2.89. The van der Waals surface area contributed by atoms with Crippen LogP contribution in [0.5, 0.6) is 11.5 Å². The number of anilines is 1. The number of rotatable bonds is 4. The van der Waals surface area contributed by atoms with Gasteiger partial charge in [0.25, 0.3) is 5.91 Å². The van der Waals surface area contributed by atoms with Crippen LogP contribution in [0.3, 0.4) is 0 Å². The van der Waals surface area contributed by atoms with Gasteiger partial charge in [-0.1, -0.05) is 12.1 Å². The summed E-state index contributed by atoms with van der Waals surface area (Å²) in [6.07, 6.45) is 0. The van der Waals surface area contributed by atoms with Gasteiger partial charge in [0.05, 0.1) is 10.2 Å². The van der Waals surface area contributed by atoms with Crippen LogP contribution in [0, 0.1) is 5.82 Å². The number of aromatic nitrogens is 1. The monoisotopic (exact) mass is 408 g/mol. The average Bonchev–Trinajstić information content (AvgIpc) is 3.31. The number of fused-ring (bicyclic) bond motifs is 2. The van der Waals surface area contributed by atoms with E-state index in [0.29, 0.717) is 42.6 Å². The number of hydrogen-bond acceptors (Lipinski definition) is 4. The number of amides is 1. The number of halogens is 1. The van der Waals surface area contributed by atoms with Crippen molar-refractivity contribution in [3.63, 3.8) is 0 Å². The molecule has 0 radical (unpaired) electrons. The molecule has 1 amide bonds. The highest BCUT2D eigenvalue weighted by atomic mass is 32.1. The van der Waals surface area contributed by atoms with E-state index < -0.39 is 0 Å². The maximum Gasteiger partial charge on any atom is 0.272 e. The van der Waals surface area contributed by atoms with Gasteiger partial charge >= 0.3 is 0 Å². The van der Waals surface area contributed by atoms with Crippen LogP contribution in [-0.2, 0) is 6.54 Å². The number of hydrogen-bond donors (Lipinski definition) is 1. The van der Waals surface area contributed by atoms with E-state index in [9.17, 15) is 9.18 Å². The molecule has 4 aromatic rings. The number of nitrogens with zero attached hydrogens (tertiary/aromatic N) is 1. The van der Waals surface area contributed by atoms with Crippen molar-refractivity contribution in [1.82, 2.24) is 4.57 Å². The molecule has 1 aliphatic heterocycles. The molecule has 2 aromatic heterocycles. The topological polar surface area (TPSA) is 52.5 Å². The molecular weight excluding hydrogens is 391 g/mol. The molecule has 0 fully saturated rings. The van der Waals surface area contributed by atoms with Gasteiger partial charge in [0.2, 0.25) is 0 Å². The molecule has 0 aliphatic carbocycles. The molecule has 146 valence electrons. The number of thiophene rings is 1. The van der Waals surface area contributed by atoms with Crippen LogP contribution in [-0.4, -0.2) is 23.7 Å². The largest absolute Gasteiger partial charge is 0.486 e. The summed E-state index contributed by atoms with van der Waals surface area (Å²) < 4.78 is 27.7. The predicted octanol–water partition coefficient (Wildman–Crippen LogP) is 4.91. The van der Waals surface area contributed by atoms with Gasteiger partial charge in [0, 0.05) is 18.3 Å². The van der Waals surface area contributed by atoms with Crippen molar-refractivity contribution >= 4 is 33.1 Å². The summed E-state index contributed by atoms with van der Waals surface area (Å²) in [6, 6.07) is 15.6. The van der Waals surface area contributed by atoms with Gasteiger partial charge < -0.3 is 19.4 Å². The Morgan fingerprint density at radius 3 is 2.79 bits per heavy atom. The summed E-state index contributed by atoms with van der Waals surface area (Å²) in [4.78, 5) is 13.1. The quantitative estimate of drug-likeness (QED) is 0.522. The highest BCUT2D eigenvalue weighted by molar-refractivity contribution is 7.17. The lowest BCUT2D eigenvalue weighted by molar-refractivity contribution is 0.101. The molecule has 0 spiro atoms. The van der Waals surface area contributed by atoms with Gasteiger partial charge in [0.1, 0.15) is 24.7 Å². The fraction of sp³-hybridized carbons (Fsp3) is 0.136. The lowest BCUT2D eigenvalue weighted by Crippen LogP contribution is -2.18. The Kier molecular flexibility index (Phi) is 4.44. The van der Waals surface area contributed by atoms with Gasteiger partial charge in [-0.3, -0.25) is 4.79 Å². The van der Waals surface area contributed by atoms with E-state index in [2.05, 4.69) is 5.32 Å². The van der Waals surface area contributed by atoms with Gasteiger partial charge in [-0.25, -0.2) is 4.39 Å². The molecular formula is C22H17FN2O3S. The fourth-order valence-corrected chi connectivity index (χ4v) is 4.29. The SMILES string of the molecule is O=C(Nc1ccc2c(c1)OCCO2)c1cc2sccc2n1Cc1cccc(F)c1. The minimum Gasteiger partial charge on any atom is -0.486 e. The molecule has 3 heterocycles. The number of benzene rings is 2. The van der Waals surface area contributed by atoms with Crippen molar-refractivity contribution in [2.45, 2.75) is 6.54 Å². The second-order valence-electron chi connectivity index (χ2n) is 6.73. The lowest BCUT2D eigenvalue weighted by atomic mass is 10.2. The summed E-state index contributed by atoms with van der Waals surface area (Å²) in [5.74, 6) is 0.759. The van der Waals surface area contributed by atoms with Crippen LogP contribution in [0.4, 0.5) is 10.1 Å². The fourth-order valence-electron chi connectivity index (χ4n) is 3.47. The number of nitrogens with one attached hydrogen (secondary N) is 1. The minimum absolute atomic E-state index is 0.235. The molecule has 0 unspecified atom stereocenters. The van der Waals surface area contributed by atoms with Crippen molar-refractivity contribution in [1.29, 1.82) is 0 Å².